The average molecular weight is 972 g/mol. The third-order valence-corrected chi connectivity index (χ3v) is 13.1. The van der Waals surface area contributed by atoms with Gasteiger partial charge in [0.25, 0.3) is 0 Å². The SMILES string of the molecule is CC/C=C\C/C=C\C/C=C\C/C=C\C/C=C\CCCCCCCCCCCCCCCCCCCCCC(=O)NC(COP(=O)(O)OCC[N+](C)(C)C)C(O)/C=C/CC/C=C/CCCCCCC. The number of carbonyl (C=O) groups is 1. The quantitative estimate of drug-likeness (QED) is 0.0243. The minimum Gasteiger partial charge on any atom is -0.387 e. The van der Waals surface area contributed by atoms with Crippen molar-refractivity contribution in [2.75, 3.05) is 40.9 Å². The second-order valence-corrected chi connectivity index (χ2v) is 21.4. The number of allylic oxidation sites excluding steroid dienone is 13. The van der Waals surface area contributed by atoms with E-state index in [-0.39, 0.29) is 19.1 Å². The molecule has 0 radical (unpaired) electrons. The Kier molecular flexibility index (Phi) is 48.0. The summed E-state index contributed by atoms with van der Waals surface area (Å²) < 4.78 is 23.6. The van der Waals surface area contributed by atoms with Crippen LogP contribution in [0.1, 0.15) is 232 Å². The predicted molar refractivity (Wildman–Crippen MR) is 295 cm³/mol. The van der Waals surface area contributed by atoms with E-state index in [2.05, 4.69) is 92.1 Å². The number of amides is 1. The molecule has 0 spiro atoms. The molecular weight excluding hydrogens is 864 g/mol. The number of hydrogen-bond donors (Lipinski definition) is 3. The molecule has 68 heavy (non-hydrogen) atoms. The van der Waals surface area contributed by atoms with Crippen LogP contribution in [0.3, 0.4) is 0 Å². The van der Waals surface area contributed by atoms with Gasteiger partial charge >= 0.3 is 7.82 Å². The fourth-order valence-electron chi connectivity index (χ4n) is 7.73. The van der Waals surface area contributed by atoms with Crippen LogP contribution in [0, 0.1) is 0 Å². The third kappa shape index (κ3) is 51.5. The summed E-state index contributed by atoms with van der Waals surface area (Å²) in [6, 6.07) is -0.864. The molecule has 0 aliphatic heterocycles. The maximum Gasteiger partial charge on any atom is 0.472 e. The number of nitrogens with one attached hydrogen (secondary N) is 1. The van der Waals surface area contributed by atoms with Gasteiger partial charge < -0.3 is 19.8 Å². The highest BCUT2D eigenvalue weighted by molar-refractivity contribution is 7.47. The molecule has 0 aromatic carbocycles. The second-order valence-electron chi connectivity index (χ2n) is 19.9. The van der Waals surface area contributed by atoms with Crippen molar-refractivity contribution in [1.29, 1.82) is 0 Å². The van der Waals surface area contributed by atoms with E-state index in [0.29, 0.717) is 17.4 Å². The Morgan fingerprint density at radius 3 is 1.35 bits per heavy atom. The van der Waals surface area contributed by atoms with Gasteiger partial charge in [-0.15, -0.1) is 0 Å². The molecule has 9 heteroatoms. The van der Waals surface area contributed by atoms with Crippen molar-refractivity contribution >= 4 is 13.7 Å². The van der Waals surface area contributed by atoms with Crippen LogP contribution in [0.4, 0.5) is 0 Å². The molecule has 3 unspecified atom stereocenters. The first kappa shape index (κ1) is 65.7. The molecule has 0 heterocycles. The van der Waals surface area contributed by atoms with E-state index in [4.69, 9.17) is 9.05 Å². The van der Waals surface area contributed by atoms with Crippen molar-refractivity contribution in [2.45, 2.75) is 244 Å². The third-order valence-electron chi connectivity index (χ3n) is 12.1. The number of carbonyl (C=O) groups excluding carboxylic acids is 1. The molecule has 0 saturated heterocycles. The molecule has 0 aromatic rings. The van der Waals surface area contributed by atoms with Gasteiger partial charge in [-0.1, -0.05) is 234 Å². The van der Waals surface area contributed by atoms with E-state index < -0.39 is 20.0 Å². The molecule has 0 aliphatic carbocycles. The summed E-state index contributed by atoms with van der Waals surface area (Å²) in [5, 5.41) is 13.8. The maximum absolute atomic E-state index is 12.9. The first-order valence-electron chi connectivity index (χ1n) is 28.0. The highest BCUT2D eigenvalue weighted by atomic mass is 31.2. The Hall–Kier alpha value is -2.32. The van der Waals surface area contributed by atoms with E-state index in [0.717, 1.165) is 70.6 Å². The molecular formula is C59H108N2O6P+. The van der Waals surface area contributed by atoms with Gasteiger partial charge in [0.15, 0.2) is 0 Å². The van der Waals surface area contributed by atoms with Crippen molar-refractivity contribution < 1.29 is 32.9 Å². The standard InChI is InChI=1S/C59H107N2O6P/c1-6-8-10-12-14-16-18-19-20-21-22-23-24-25-26-27-28-29-30-31-32-33-34-35-36-37-38-39-40-41-43-45-47-49-51-53-59(63)60-57(56-67-68(64,65)66-55-54-61(3,4)5)58(62)52-50-48-46-44-42-17-15-13-11-9-7-2/h8,10,14,16,19-20,22-23,25-26,42,44,50,52,57-58,62H,6-7,9,11-13,15,17-18,21,24,27-41,43,45-49,51,53-56H2,1-5H3,(H-,60,63,64,65)/p+1/b10-8-,16-14-,20-19-,23-22-,26-25-,44-42+,52-50+. The van der Waals surface area contributed by atoms with Crippen LogP contribution in [0.15, 0.2) is 85.1 Å². The summed E-state index contributed by atoms with van der Waals surface area (Å²) >= 11 is 0. The molecule has 0 rings (SSSR count). The van der Waals surface area contributed by atoms with Gasteiger partial charge in [0, 0.05) is 6.42 Å². The lowest BCUT2D eigenvalue weighted by Crippen LogP contribution is -2.45. The maximum atomic E-state index is 12.9. The highest BCUT2D eigenvalue weighted by Crippen LogP contribution is 2.43. The monoisotopic (exact) mass is 972 g/mol. The van der Waals surface area contributed by atoms with Gasteiger partial charge in [0.05, 0.1) is 39.9 Å². The van der Waals surface area contributed by atoms with Gasteiger partial charge in [-0.2, -0.15) is 0 Å². The van der Waals surface area contributed by atoms with Crippen molar-refractivity contribution in [2.24, 2.45) is 0 Å². The number of phosphoric ester groups is 1. The number of nitrogens with zero attached hydrogens (tertiary/aromatic N) is 1. The zero-order chi connectivity index (χ0) is 49.9. The Balaban J connectivity index is 3.99. The van der Waals surface area contributed by atoms with Crippen LogP contribution >= 0.6 is 7.82 Å². The Morgan fingerprint density at radius 1 is 0.515 bits per heavy atom. The van der Waals surface area contributed by atoms with Gasteiger partial charge in [-0.3, -0.25) is 13.8 Å². The summed E-state index contributed by atoms with van der Waals surface area (Å²) in [5.41, 5.74) is 0. The molecule has 0 bridgehead atoms. The van der Waals surface area contributed by atoms with E-state index in [9.17, 15) is 19.4 Å². The number of aliphatic hydroxyl groups excluding tert-OH is 1. The molecule has 0 fully saturated rings. The van der Waals surface area contributed by atoms with Crippen molar-refractivity contribution in [3.8, 4) is 0 Å². The second kappa shape index (κ2) is 49.7. The van der Waals surface area contributed by atoms with Gasteiger partial charge in [0.2, 0.25) is 5.91 Å². The summed E-state index contributed by atoms with van der Waals surface area (Å²) in [7, 11) is 1.55. The molecule has 8 nitrogen and oxygen atoms in total. The van der Waals surface area contributed by atoms with Crippen LogP contribution < -0.4 is 5.32 Å². The molecule has 0 saturated carbocycles. The van der Waals surface area contributed by atoms with Gasteiger partial charge in [-0.05, 0) is 77.0 Å². The van der Waals surface area contributed by atoms with Gasteiger partial charge in [0.1, 0.15) is 13.2 Å². The number of hydrogen-bond acceptors (Lipinski definition) is 5. The number of unbranched alkanes of at least 4 members (excludes halogenated alkanes) is 25. The minimum atomic E-state index is -4.35. The lowest BCUT2D eigenvalue weighted by Gasteiger charge is -2.25. The zero-order valence-corrected chi connectivity index (χ0v) is 45.7. The number of aliphatic hydroxyl groups is 1. The van der Waals surface area contributed by atoms with E-state index in [1.807, 2.05) is 27.2 Å². The summed E-state index contributed by atoms with van der Waals surface area (Å²) in [5.74, 6) is -0.189. The largest absolute Gasteiger partial charge is 0.472 e. The normalized spacial score (nSPS) is 14.6. The topological polar surface area (TPSA) is 105 Å². The van der Waals surface area contributed by atoms with Crippen LogP contribution in [-0.4, -0.2) is 73.4 Å². The Morgan fingerprint density at radius 2 is 0.897 bits per heavy atom. The Bertz CT molecular complexity index is 1380. The van der Waals surface area contributed by atoms with Crippen molar-refractivity contribution in [3.05, 3.63) is 85.1 Å². The van der Waals surface area contributed by atoms with E-state index in [1.165, 1.54) is 141 Å². The molecule has 0 aliphatic rings. The number of rotatable bonds is 50. The van der Waals surface area contributed by atoms with Crippen molar-refractivity contribution in [1.82, 2.24) is 5.32 Å². The average Bonchev–Trinajstić information content (AvgIpc) is 3.30. The Labute approximate surface area is 420 Å². The lowest BCUT2D eigenvalue weighted by molar-refractivity contribution is -0.870. The van der Waals surface area contributed by atoms with Crippen LogP contribution in [0.2, 0.25) is 0 Å². The van der Waals surface area contributed by atoms with Crippen LogP contribution in [-0.2, 0) is 18.4 Å². The predicted octanol–water partition coefficient (Wildman–Crippen LogP) is 16.9. The minimum absolute atomic E-state index is 0.0544. The zero-order valence-electron chi connectivity index (χ0n) is 44.8. The van der Waals surface area contributed by atoms with Crippen molar-refractivity contribution in [3.63, 3.8) is 0 Å². The van der Waals surface area contributed by atoms with E-state index >= 15 is 0 Å². The summed E-state index contributed by atoms with van der Waals surface area (Å²) in [4.78, 5) is 23.2. The molecule has 3 atom stereocenters. The smallest absolute Gasteiger partial charge is 0.387 e. The molecule has 0 aromatic heterocycles. The fourth-order valence-corrected chi connectivity index (χ4v) is 8.47. The number of likely N-dealkylation sites (N-methyl/N-ethyl adjacent to an activating group) is 1. The summed E-state index contributed by atoms with van der Waals surface area (Å²) in [6.07, 6.45) is 69.9. The highest BCUT2D eigenvalue weighted by Gasteiger charge is 2.27. The van der Waals surface area contributed by atoms with Crippen LogP contribution in [0.25, 0.3) is 0 Å². The molecule has 394 valence electrons. The number of phosphoric acid groups is 1. The first-order chi connectivity index (χ1) is 33.0. The van der Waals surface area contributed by atoms with Crippen LogP contribution in [0.5, 0.6) is 0 Å². The molecule has 1 amide bonds. The summed E-state index contributed by atoms with van der Waals surface area (Å²) in [6.45, 7) is 4.65. The van der Waals surface area contributed by atoms with Gasteiger partial charge in [-0.25, -0.2) is 4.57 Å². The lowest BCUT2D eigenvalue weighted by atomic mass is 10.0. The first-order valence-corrected chi connectivity index (χ1v) is 29.5. The van der Waals surface area contributed by atoms with E-state index in [1.54, 1.807) is 6.08 Å². The number of quaternary nitrogens is 1. The fraction of sp³-hybridized carbons (Fsp3) is 0.746. The molecule has 3 N–H and O–H groups in total.